The number of amides is 1. The van der Waals surface area contributed by atoms with Crippen molar-refractivity contribution in [2.75, 3.05) is 19.6 Å². The summed E-state index contributed by atoms with van der Waals surface area (Å²) in [6.07, 6.45) is 2.35. The number of carbonyl (C=O) groups is 1. The minimum Gasteiger partial charge on any atom is -0.353 e. The number of hydrogen-bond acceptors (Lipinski definition) is 4. The van der Waals surface area contributed by atoms with E-state index in [0.717, 1.165) is 43.1 Å². The van der Waals surface area contributed by atoms with Crippen LogP contribution in [-0.4, -0.2) is 44.9 Å². The molecule has 2 N–H and O–H groups in total. The molecule has 3 aromatic rings. The number of sulfonamides is 1. The first-order valence-corrected chi connectivity index (χ1v) is 13.3. The predicted molar refractivity (Wildman–Crippen MR) is 134 cm³/mol. The number of likely N-dealkylation sites (tertiary alicyclic amines) is 1. The zero-order valence-electron chi connectivity index (χ0n) is 19.4. The van der Waals surface area contributed by atoms with Crippen molar-refractivity contribution >= 4 is 15.9 Å². The van der Waals surface area contributed by atoms with Crippen molar-refractivity contribution in [3.05, 3.63) is 102 Å². The van der Waals surface area contributed by atoms with Crippen LogP contribution < -0.4 is 10.0 Å². The first kappa shape index (κ1) is 25.0. The molecule has 0 bridgehead atoms. The molecule has 6 nitrogen and oxygen atoms in total. The first-order valence-electron chi connectivity index (χ1n) is 11.8. The predicted octanol–water partition coefficient (Wildman–Crippen LogP) is 3.67. The number of nitrogens with zero attached hydrogens (tertiary/aromatic N) is 1. The zero-order valence-corrected chi connectivity index (χ0v) is 20.3. The number of hydrogen-bond donors (Lipinski definition) is 2. The van der Waals surface area contributed by atoms with E-state index >= 15 is 0 Å². The number of carbonyl (C=O) groups excluding carboxylic acids is 1. The van der Waals surface area contributed by atoms with Crippen molar-refractivity contribution in [3.63, 3.8) is 0 Å². The van der Waals surface area contributed by atoms with Crippen molar-refractivity contribution < 1.29 is 17.6 Å². The number of rotatable bonds is 10. The van der Waals surface area contributed by atoms with Crippen LogP contribution in [0.15, 0.2) is 89.8 Å². The minimum absolute atomic E-state index is 0.0109. The Morgan fingerprint density at radius 2 is 1.49 bits per heavy atom. The summed E-state index contributed by atoms with van der Waals surface area (Å²) in [7, 11) is -4.26. The van der Waals surface area contributed by atoms with Gasteiger partial charge in [0.25, 0.3) is 0 Å². The van der Waals surface area contributed by atoms with Crippen LogP contribution in [0.5, 0.6) is 0 Å². The van der Waals surface area contributed by atoms with Crippen molar-refractivity contribution in [1.29, 1.82) is 0 Å². The van der Waals surface area contributed by atoms with Gasteiger partial charge in [-0.05, 0) is 55.6 Å². The third-order valence-corrected chi connectivity index (χ3v) is 7.76. The van der Waals surface area contributed by atoms with Crippen LogP contribution in [0.1, 0.15) is 30.0 Å². The van der Waals surface area contributed by atoms with Gasteiger partial charge in [-0.3, -0.25) is 9.69 Å². The van der Waals surface area contributed by atoms with Gasteiger partial charge in [-0.1, -0.05) is 72.8 Å². The molecule has 35 heavy (non-hydrogen) atoms. The third-order valence-electron chi connectivity index (χ3n) is 6.26. The molecule has 1 aliphatic heterocycles. The van der Waals surface area contributed by atoms with Gasteiger partial charge in [0, 0.05) is 6.54 Å². The van der Waals surface area contributed by atoms with Gasteiger partial charge in [-0.2, -0.15) is 4.72 Å². The molecule has 8 heteroatoms. The fourth-order valence-electron chi connectivity index (χ4n) is 4.46. The van der Waals surface area contributed by atoms with Crippen LogP contribution in [0, 0.1) is 5.82 Å². The Balaban J connectivity index is 1.54. The maximum Gasteiger partial charge on any atom is 0.244 e. The second-order valence-electron chi connectivity index (χ2n) is 8.71. The summed E-state index contributed by atoms with van der Waals surface area (Å²) in [5, 5.41) is 2.97. The zero-order chi connectivity index (χ0) is 24.7. The summed E-state index contributed by atoms with van der Waals surface area (Å²) in [5.41, 5.74) is 1.89. The molecule has 184 valence electrons. The van der Waals surface area contributed by atoms with Gasteiger partial charge in [-0.25, -0.2) is 12.8 Å². The van der Waals surface area contributed by atoms with Gasteiger partial charge >= 0.3 is 0 Å². The summed E-state index contributed by atoms with van der Waals surface area (Å²) in [4.78, 5) is 15.2. The molecule has 0 spiro atoms. The van der Waals surface area contributed by atoms with Gasteiger partial charge in [-0.15, -0.1) is 0 Å². The molecule has 0 aromatic heterocycles. The van der Waals surface area contributed by atoms with Gasteiger partial charge in [0.05, 0.1) is 6.04 Å². The molecule has 4 rings (SSSR count). The highest BCUT2D eigenvalue weighted by Gasteiger charge is 2.29. The molecule has 0 aliphatic carbocycles. The van der Waals surface area contributed by atoms with E-state index in [2.05, 4.69) is 14.9 Å². The molecule has 3 aromatic carbocycles. The topological polar surface area (TPSA) is 78.5 Å². The maximum absolute atomic E-state index is 14.3. The monoisotopic (exact) mass is 495 g/mol. The number of nitrogens with one attached hydrogen (secondary N) is 2. The molecule has 1 fully saturated rings. The Kier molecular flexibility index (Phi) is 8.28. The quantitative estimate of drug-likeness (QED) is 0.450. The highest BCUT2D eigenvalue weighted by molar-refractivity contribution is 7.89. The molecule has 2 atom stereocenters. The maximum atomic E-state index is 14.3. The van der Waals surface area contributed by atoms with Crippen LogP contribution >= 0.6 is 0 Å². The lowest BCUT2D eigenvalue weighted by molar-refractivity contribution is -0.123. The third kappa shape index (κ3) is 6.54. The fourth-order valence-corrected chi connectivity index (χ4v) is 5.73. The van der Waals surface area contributed by atoms with Gasteiger partial charge < -0.3 is 5.32 Å². The second kappa shape index (κ2) is 11.6. The molecule has 1 amide bonds. The van der Waals surface area contributed by atoms with Gasteiger partial charge in [0.2, 0.25) is 15.9 Å². The molecule has 1 unspecified atom stereocenters. The molecule has 1 heterocycles. The Bertz CT molecular complexity index is 1220. The summed E-state index contributed by atoms with van der Waals surface area (Å²) in [6.45, 7) is 2.24. The molecule has 0 radical (unpaired) electrons. The molecular weight excluding hydrogens is 465 g/mol. The van der Waals surface area contributed by atoms with Crippen molar-refractivity contribution in [2.24, 2.45) is 0 Å². The van der Waals surface area contributed by atoms with E-state index in [0.29, 0.717) is 6.54 Å². The molecule has 1 aliphatic rings. The molecule has 1 saturated heterocycles. The average Bonchev–Trinajstić information content (AvgIpc) is 3.40. The highest BCUT2D eigenvalue weighted by Crippen LogP contribution is 2.24. The summed E-state index contributed by atoms with van der Waals surface area (Å²) >= 11 is 0. The van der Waals surface area contributed by atoms with Crippen molar-refractivity contribution in [2.45, 2.75) is 36.2 Å². The van der Waals surface area contributed by atoms with Crippen LogP contribution in [0.3, 0.4) is 0 Å². The lowest BCUT2D eigenvalue weighted by Gasteiger charge is -2.29. The average molecular weight is 496 g/mol. The summed E-state index contributed by atoms with van der Waals surface area (Å²) in [6, 6.07) is 23.2. The van der Waals surface area contributed by atoms with E-state index in [1.165, 1.54) is 18.2 Å². The smallest absolute Gasteiger partial charge is 0.244 e. The Morgan fingerprint density at radius 1 is 0.886 bits per heavy atom. The lowest BCUT2D eigenvalue weighted by atomic mass is 10.0. The molecule has 0 saturated carbocycles. The van der Waals surface area contributed by atoms with Crippen LogP contribution in [0.25, 0.3) is 0 Å². The van der Waals surface area contributed by atoms with Gasteiger partial charge in [0.1, 0.15) is 16.8 Å². The Morgan fingerprint density at radius 3 is 2.14 bits per heavy atom. The summed E-state index contributed by atoms with van der Waals surface area (Å²) < 4.78 is 42.7. The Hall–Kier alpha value is -3.07. The normalized spacial score (nSPS) is 16.0. The second-order valence-corrected chi connectivity index (χ2v) is 10.4. The number of benzene rings is 3. The standard InChI is InChI=1S/C27H30FN3O3S/c28-23-15-7-8-16-26(23)35(33,34)30-24(19-21-11-3-1-4-12-21)27(32)29-20-25(31-17-9-10-18-31)22-13-5-2-6-14-22/h1-8,11-16,24-25,30H,9-10,17-20H2,(H,29,32)/t24-,25?/m0/s1. The number of halogens is 1. The van der Waals surface area contributed by atoms with E-state index in [4.69, 9.17) is 0 Å². The fraction of sp³-hybridized carbons (Fsp3) is 0.296. The first-order chi connectivity index (χ1) is 16.9. The van der Waals surface area contributed by atoms with E-state index in [1.54, 1.807) is 0 Å². The van der Waals surface area contributed by atoms with E-state index in [-0.39, 0.29) is 12.5 Å². The SMILES string of the molecule is O=C(NCC(c1ccccc1)N1CCCC1)[C@H](Cc1ccccc1)NS(=O)(=O)c1ccccc1F. The van der Waals surface area contributed by atoms with Gasteiger partial charge in [0.15, 0.2) is 0 Å². The van der Waals surface area contributed by atoms with Crippen LogP contribution in [-0.2, 0) is 21.2 Å². The van der Waals surface area contributed by atoms with E-state index < -0.39 is 32.7 Å². The Labute approximate surface area is 206 Å². The molecular formula is C27H30FN3O3S. The lowest BCUT2D eigenvalue weighted by Crippen LogP contribution is -2.49. The van der Waals surface area contributed by atoms with Crippen molar-refractivity contribution in [1.82, 2.24) is 14.9 Å². The van der Waals surface area contributed by atoms with Crippen LogP contribution in [0.2, 0.25) is 0 Å². The summed E-state index contributed by atoms with van der Waals surface area (Å²) in [5.74, 6) is -1.31. The van der Waals surface area contributed by atoms with Crippen LogP contribution in [0.4, 0.5) is 4.39 Å². The minimum atomic E-state index is -4.26. The van der Waals surface area contributed by atoms with E-state index in [1.807, 2.05) is 60.7 Å². The largest absolute Gasteiger partial charge is 0.353 e. The van der Waals surface area contributed by atoms with Crippen molar-refractivity contribution in [3.8, 4) is 0 Å². The van der Waals surface area contributed by atoms with E-state index in [9.17, 15) is 17.6 Å². The highest BCUT2D eigenvalue weighted by atomic mass is 32.2.